The highest BCUT2D eigenvalue weighted by Crippen LogP contribution is 2.29. The lowest BCUT2D eigenvalue weighted by atomic mass is 10.0. The maximum absolute atomic E-state index is 12.8. The highest BCUT2D eigenvalue weighted by molar-refractivity contribution is 6.01. The molecule has 2 aromatic carbocycles. The van der Waals surface area contributed by atoms with Gasteiger partial charge in [-0.25, -0.2) is 9.97 Å². The fourth-order valence-electron chi connectivity index (χ4n) is 4.05. The highest BCUT2D eigenvalue weighted by Gasteiger charge is 2.16. The molecule has 0 atom stereocenters. The van der Waals surface area contributed by atoms with E-state index in [1.807, 2.05) is 67.6 Å². The number of aromatic amines is 1. The number of nitrogens with one attached hydrogen (secondary N) is 2. The number of carbonyl (C=O) groups is 2. The van der Waals surface area contributed by atoms with Gasteiger partial charge in [-0.2, -0.15) is 0 Å². The molecule has 0 aliphatic carbocycles. The minimum atomic E-state index is -0.445. The molecule has 0 spiro atoms. The van der Waals surface area contributed by atoms with Gasteiger partial charge in [-0.05, 0) is 53.4 Å². The van der Waals surface area contributed by atoms with Crippen molar-refractivity contribution in [3.05, 3.63) is 102 Å². The van der Waals surface area contributed by atoms with Crippen LogP contribution in [0, 0.1) is 6.92 Å². The van der Waals surface area contributed by atoms with Gasteiger partial charge in [0.25, 0.3) is 5.91 Å². The second-order valence-electron chi connectivity index (χ2n) is 8.65. The summed E-state index contributed by atoms with van der Waals surface area (Å²) in [4.78, 5) is 34.7. The average molecular weight is 495 g/mol. The summed E-state index contributed by atoms with van der Waals surface area (Å²) in [5, 5.41) is 9.66. The number of benzene rings is 2. The van der Waals surface area contributed by atoms with Crippen LogP contribution < -0.4 is 10.1 Å². The lowest BCUT2D eigenvalue weighted by molar-refractivity contribution is -0.126. The lowest BCUT2D eigenvalue weighted by Gasteiger charge is -2.15. The van der Waals surface area contributed by atoms with Gasteiger partial charge < -0.3 is 15.0 Å². The van der Waals surface area contributed by atoms with E-state index in [9.17, 15) is 9.59 Å². The van der Waals surface area contributed by atoms with Gasteiger partial charge in [0.2, 0.25) is 11.7 Å². The molecule has 186 valence electrons. The van der Waals surface area contributed by atoms with Crippen LogP contribution in [0.25, 0.3) is 11.1 Å². The van der Waals surface area contributed by atoms with Crippen LogP contribution in [0.15, 0.2) is 79.1 Å². The Kier molecular flexibility index (Phi) is 7.02. The van der Waals surface area contributed by atoms with Crippen molar-refractivity contribution in [3.63, 3.8) is 0 Å². The zero-order chi connectivity index (χ0) is 25.6. The summed E-state index contributed by atoms with van der Waals surface area (Å²) in [6, 6.07) is 19.3. The van der Waals surface area contributed by atoms with E-state index in [2.05, 4.69) is 25.5 Å². The van der Waals surface area contributed by atoms with Crippen molar-refractivity contribution in [1.82, 2.24) is 25.1 Å². The molecule has 9 nitrogen and oxygen atoms in total. The van der Waals surface area contributed by atoms with Crippen molar-refractivity contribution in [2.24, 2.45) is 0 Å². The molecule has 0 bridgehead atoms. The number of nitrogens with zero attached hydrogens (tertiary/aromatic N) is 4. The summed E-state index contributed by atoms with van der Waals surface area (Å²) in [5.41, 5.74) is 3.96. The first-order valence-corrected chi connectivity index (χ1v) is 12.0. The molecule has 37 heavy (non-hydrogen) atoms. The third-order valence-corrected chi connectivity index (χ3v) is 5.97. The van der Waals surface area contributed by atoms with E-state index in [0.29, 0.717) is 43.4 Å². The standard InChI is InChI=1S/C28H26N6O3/c1-19-9-10-22(37-15-14-34-13-5-8-26(34)35)18-23(19)21-11-12-29-24(17-21)31-28(36)27-30-25(32-33-27)16-20-6-3-2-4-7-20/h2-7,9-13,17-18H,8,14-16H2,1H3,(H,29,31,36)(H,30,32,33). The van der Waals surface area contributed by atoms with Gasteiger partial charge in [-0.3, -0.25) is 14.7 Å². The monoisotopic (exact) mass is 494 g/mol. The molecule has 0 fully saturated rings. The summed E-state index contributed by atoms with van der Waals surface area (Å²) >= 11 is 0. The van der Waals surface area contributed by atoms with E-state index in [4.69, 9.17) is 4.74 Å². The SMILES string of the molecule is Cc1ccc(OCCN2C=CCC2=O)cc1-c1ccnc(NC(=O)c2n[nH]c(Cc3ccccc3)n2)c1. The van der Waals surface area contributed by atoms with Crippen LogP contribution in [0.4, 0.5) is 5.82 Å². The van der Waals surface area contributed by atoms with Crippen LogP contribution in [-0.2, 0) is 11.2 Å². The molecule has 0 saturated heterocycles. The van der Waals surface area contributed by atoms with Crippen molar-refractivity contribution < 1.29 is 14.3 Å². The average Bonchev–Trinajstić information content (AvgIpc) is 3.55. The quantitative estimate of drug-likeness (QED) is 0.362. The summed E-state index contributed by atoms with van der Waals surface area (Å²) in [6.45, 7) is 2.89. The molecule has 2 aromatic heterocycles. The van der Waals surface area contributed by atoms with Crippen LogP contribution in [0.1, 0.15) is 34.0 Å². The summed E-state index contributed by atoms with van der Waals surface area (Å²) in [6.07, 6.45) is 6.28. The van der Waals surface area contributed by atoms with Gasteiger partial charge in [0, 0.05) is 25.2 Å². The maximum atomic E-state index is 12.8. The Balaban J connectivity index is 1.24. The van der Waals surface area contributed by atoms with Crippen molar-refractivity contribution in [3.8, 4) is 16.9 Å². The zero-order valence-corrected chi connectivity index (χ0v) is 20.3. The van der Waals surface area contributed by atoms with Gasteiger partial charge in [-0.15, -0.1) is 5.10 Å². The Morgan fingerprint density at radius 2 is 2.00 bits per heavy atom. The first-order chi connectivity index (χ1) is 18.0. The Morgan fingerprint density at radius 3 is 2.81 bits per heavy atom. The van der Waals surface area contributed by atoms with Gasteiger partial charge in [0.15, 0.2) is 0 Å². The van der Waals surface area contributed by atoms with E-state index in [0.717, 1.165) is 22.3 Å². The number of hydrogen-bond donors (Lipinski definition) is 2. The van der Waals surface area contributed by atoms with Crippen molar-refractivity contribution in [1.29, 1.82) is 0 Å². The van der Waals surface area contributed by atoms with Crippen molar-refractivity contribution in [2.45, 2.75) is 19.8 Å². The van der Waals surface area contributed by atoms with Gasteiger partial charge in [-0.1, -0.05) is 42.5 Å². The number of ether oxygens (including phenoxy) is 1. The Bertz CT molecular complexity index is 1450. The van der Waals surface area contributed by atoms with Crippen LogP contribution in [0.5, 0.6) is 5.75 Å². The fraction of sp³-hybridized carbons (Fsp3) is 0.179. The fourth-order valence-corrected chi connectivity index (χ4v) is 4.05. The number of anilines is 1. The Hall–Kier alpha value is -4.79. The minimum Gasteiger partial charge on any atom is -0.492 e. The molecule has 2 amide bonds. The smallest absolute Gasteiger partial charge is 0.296 e. The van der Waals surface area contributed by atoms with E-state index in [-0.39, 0.29) is 11.7 Å². The molecule has 0 saturated carbocycles. The molecule has 0 unspecified atom stereocenters. The molecule has 2 N–H and O–H groups in total. The van der Waals surface area contributed by atoms with E-state index < -0.39 is 5.91 Å². The van der Waals surface area contributed by atoms with Crippen LogP contribution >= 0.6 is 0 Å². The lowest BCUT2D eigenvalue weighted by Crippen LogP contribution is -2.26. The van der Waals surface area contributed by atoms with Crippen LogP contribution in [0.3, 0.4) is 0 Å². The number of aromatic nitrogens is 4. The van der Waals surface area contributed by atoms with Gasteiger partial charge in [0.05, 0.1) is 6.54 Å². The van der Waals surface area contributed by atoms with E-state index >= 15 is 0 Å². The number of aryl methyl sites for hydroxylation is 1. The summed E-state index contributed by atoms with van der Waals surface area (Å²) in [7, 11) is 0. The number of carbonyl (C=O) groups excluding carboxylic acids is 2. The normalized spacial score (nSPS) is 12.7. The molecular formula is C28H26N6O3. The van der Waals surface area contributed by atoms with E-state index in [1.165, 1.54) is 0 Å². The van der Waals surface area contributed by atoms with E-state index in [1.54, 1.807) is 23.4 Å². The highest BCUT2D eigenvalue weighted by atomic mass is 16.5. The minimum absolute atomic E-state index is 0.0519. The van der Waals surface area contributed by atoms with Gasteiger partial charge in [0.1, 0.15) is 24.0 Å². The molecule has 5 rings (SSSR count). The van der Waals surface area contributed by atoms with Crippen LogP contribution in [0.2, 0.25) is 0 Å². The predicted molar refractivity (Wildman–Crippen MR) is 139 cm³/mol. The summed E-state index contributed by atoms with van der Waals surface area (Å²) in [5.74, 6) is 1.38. The summed E-state index contributed by atoms with van der Waals surface area (Å²) < 4.78 is 5.90. The Morgan fingerprint density at radius 1 is 1.14 bits per heavy atom. The van der Waals surface area contributed by atoms with Crippen molar-refractivity contribution >= 4 is 17.6 Å². The third-order valence-electron chi connectivity index (χ3n) is 5.97. The third kappa shape index (κ3) is 5.90. The molecule has 1 aliphatic rings. The largest absolute Gasteiger partial charge is 0.492 e. The molecule has 9 heteroatoms. The molecule has 1 aliphatic heterocycles. The second-order valence-corrected chi connectivity index (χ2v) is 8.65. The maximum Gasteiger partial charge on any atom is 0.296 e. The molecule has 3 heterocycles. The molecule has 0 radical (unpaired) electrons. The Labute approximate surface area is 214 Å². The number of pyridine rings is 1. The molecule has 4 aromatic rings. The zero-order valence-electron chi connectivity index (χ0n) is 20.3. The van der Waals surface area contributed by atoms with Crippen molar-refractivity contribution in [2.75, 3.05) is 18.5 Å². The topological polar surface area (TPSA) is 113 Å². The number of hydrogen-bond acceptors (Lipinski definition) is 6. The first kappa shape index (κ1) is 23.9. The number of H-pyrrole nitrogens is 1. The van der Waals surface area contributed by atoms with Gasteiger partial charge >= 0.3 is 0 Å². The second kappa shape index (κ2) is 10.9. The first-order valence-electron chi connectivity index (χ1n) is 12.0. The number of amides is 2. The predicted octanol–water partition coefficient (Wildman–Crippen LogP) is 4.14. The number of rotatable bonds is 9. The molecular weight excluding hydrogens is 468 g/mol. The van der Waals surface area contributed by atoms with Crippen LogP contribution in [-0.4, -0.2) is 50.0 Å².